The minimum atomic E-state index is -1.14. The second-order valence-electron chi connectivity index (χ2n) is 10.1. The molecule has 27 heavy (non-hydrogen) atoms. The molecule has 0 aromatic carbocycles. The van der Waals surface area contributed by atoms with Gasteiger partial charge in [0, 0.05) is 18.8 Å². The summed E-state index contributed by atoms with van der Waals surface area (Å²) in [6.45, 7) is 7.64. The Balaban J connectivity index is 1.61. The molecule has 4 nitrogen and oxygen atoms in total. The average Bonchev–Trinajstić information content (AvgIpc) is 2.87. The lowest BCUT2D eigenvalue weighted by Crippen LogP contribution is -2.57. The number of rotatable bonds is 2. The number of carbonyl (C=O) groups excluding carboxylic acids is 2. The topological polar surface area (TPSA) is 63.6 Å². The van der Waals surface area contributed by atoms with Crippen LogP contribution in [-0.4, -0.2) is 28.6 Å². The first kappa shape index (κ1) is 19.2. The van der Waals surface area contributed by atoms with Gasteiger partial charge >= 0.3 is 5.97 Å². The van der Waals surface area contributed by atoms with Crippen molar-refractivity contribution in [2.45, 2.75) is 90.8 Å². The highest BCUT2D eigenvalue weighted by Crippen LogP contribution is 2.67. The predicted octanol–water partition coefficient (Wildman–Crippen LogP) is 4.20. The van der Waals surface area contributed by atoms with Gasteiger partial charge in [-0.25, -0.2) is 0 Å². The SMILES string of the molecule is CC(=O)O[C@H]1CC[C@@]2(C)C(=CC[C@@H]3[C@H]4CC[C@](O)(C(C)=O)[C@@]4(C)CC[C@@H]32)C1. The van der Waals surface area contributed by atoms with E-state index in [0.717, 1.165) is 44.9 Å². The summed E-state index contributed by atoms with van der Waals surface area (Å²) in [5.74, 6) is 1.36. The van der Waals surface area contributed by atoms with Gasteiger partial charge in [-0.05, 0) is 75.0 Å². The highest BCUT2D eigenvalue weighted by atomic mass is 16.5. The highest BCUT2D eigenvalue weighted by Gasteiger charge is 2.65. The maximum Gasteiger partial charge on any atom is 0.302 e. The minimum absolute atomic E-state index is 0.0292. The normalized spacial score (nSPS) is 48.7. The van der Waals surface area contributed by atoms with Crippen molar-refractivity contribution in [3.05, 3.63) is 11.6 Å². The molecular formula is C23H34O4. The second kappa shape index (κ2) is 6.17. The van der Waals surface area contributed by atoms with Gasteiger partial charge in [-0.15, -0.1) is 0 Å². The Morgan fingerprint density at radius 3 is 2.44 bits per heavy atom. The van der Waals surface area contributed by atoms with Crippen LogP contribution in [0.15, 0.2) is 11.6 Å². The summed E-state index contributed by atoms with van der Waals surface area (Å²) in [7, 11) is 0. The van der Waals surface area contributed by atoms with Crippen LogP contribution in [0, 0.1) is 28.6 Å². The standard InChI is InChI=1S/C23H34O4/c1-14(24)23(26)12-9-20-18-6-5-16-13-17(27-15(2)25)7-10-21(16,3)19(18)8-11-22(20,23)4/h5,17-20,26H,6-13H2,1-4H3/t17-,18-,19-,20+,21-,22-,23-/m0/s1. The third-order valence-corrected chi connectivity index (χ3v) is 9.13. The molecule has 7 atom stereocenters. The van der Waals surface area contributed by atoms with Crippen molar-refractivity contribution in [2.24, 2.45) is 28.6 Å². The van der Waals surface area contributed by atoms with Crippen LogP contribution in [0.5, 0.6) is 0 Å². The van der Waals surface area contributed by atoms with E-state index < -0.39 is 5.60 Å². The fourth-order valence-corrected chi connectivity index (χ4v) is 7.56. The molecule has 0 bridgehead atoms. The molecule has 4 aliphatic rings. The monoisotopic (exact) mass is 374 g/mol. The van der Waals surface area contributed by atoms with Crippen LogP contribution in [0.2, 0.25) is 0 Å². The molecule has 3 fully saturated rings. The molecule has 0 saturated heterocycles. The first-order valence-electron chi connectivity index (χ1n) is 10.7. The number of allylic oxidation sites excluding steroid dienone is 1. The van der Waals surface area contributed by atoms with E-state index in [2.05, 4.69) is 19.9 Å². The Hall–Kier alpha value is -1.16. The molecule has 4 heteroatoms. The molecule has 0 aromatic heterocycles. The Morgan fingerprint density at radius 2 is 1.78 bits per heavy atom. The third kappa shape index (κ3) is 2.58. The van der Waals surface area contributed by atoms with Crippen molar-refractivity contribution in [3.8, 4) is 0 Å². The number of ketones is 1. The maximum atomic E-state index is 12.3. The van der Waals surface area contributed by atoms with Gasteiger partial charge in [0.25, 0.3) is 0 Å². The molecular weight excluding hydrogens is 340 g/mol. The summed E-state index contributed by atoms with van der Waals surface area (Å²) in [6.07, 6.45) is 9.96. The first-order valence-corrected chi connectivity index (χ1v) is 10.7. The van der Waals surface area contributed by atoms with E-state index in [9.17, 15) is 14.7 Å². The number of aliphatic hydroxyl groups is 1. The van der Waals surface area contributed by atoms with E-state index in [-0.39, 0.29) is 28.7 Å². The minimum Gasteiger partial charge on any atom is -0.462 e. The first-order chi connectivity index (χ1) is 12.6. The predicted molar refractivity (Wildman–Crippen MR) is 103 cm³/mol. The van der Waals surface area contributed by atoms with E-state index in [1.165, 1.54) is 12.5 Å². The molecule has 0 unspecified atom stereocenters. The van der Waals surface area contributed by atoms with Crippen LogP contribution in [0.1, 0.15) is 79.1 Å². The molecule has 0 amide bonds. The number of hydrogen-bond acceptors (Lipinski definition) is 4. The number of Topliss-reactive ketones (excluding diaryl/α,β-unsaturated/α-hetero) is 1. The molecule has 0 radical (unpaired) electrons. The fraction of sp³-hybridized carbons (Fsp3) is 0.826. The van der Waals surface area contributed by atoms with Gasteiger partial charge in [-0.3, -0.25) is 9.59 Å². The average molecular weight is 375 g/mol. The summed E-state index contributed by atoms with van der Waals surface area (Å²) < 4.78 is 5.51. The van der Waals surface area contributed by atoms with Gasteiger partial charge in [0.1, 0.15) is 11.7 Å². The van der Waals surface area contributed by atoms with E-state index in [1.54, 1.807) is 6.92 Å². The Morgan fingerprint density at radius 1 is 1.07 bits per heavy atom. The van der Waals surface area contributed by atoms with Gasteiger partial charge in [-0.1, -0.05) is 25.5 Å². The van der Waals surface area contributed by atoms with E-state index >= 15 is 0 Å². The smallest absolute Gasteiger partial charge is 0.302 e. The van der Waals surface area contributed by atoms with Crippen molar-refractivity contribution in [2.75, 3.05) is 0 Å². The molecule has 4 aliphatic carbocycles. The van der Waals surface area contributed by atoms with Crippen molar-refractivity contribution in [1.82, 2.24) is 0 Å². The Labute approximate surface area is 162 Å². The third-order valence-electron chi connectivity index (χ3n) is 9.13. The van der Waals surface area contributed by atoms with E-state index in [0.29, 0.717) is 24.2 Å². The van der Waals surface area contributed by atoms with Crippen LogP contribution < -0.4 is 0 Å². The zero-order valence-electron chi connectivity index (χ0n) is 17.2. The van der Waals surface area contributed by atoms with Crippen LogP contribution in [0.3, 0.4) is 0 Å². The van der Waals surface area contributed by atoms with Gasteiger partial charge < -0.3 is 9.84 Å². The summed E-state index contributed by atoms with van der Waals surface area (Å²) in [6, 6.07) is 0. The van der Waals surface area contributed by atoms with Crippen LogP contribution in [-0.2, 0) is 14.3 Å². The highest BCUT2D eigenvalue weighted by molar-refractivity contribution is 5.86. The van der Waals surface area contributed by atoms with Crippen molar-refractivity contribution in [3.63, 3.8) is 0 Å². The largest absolute Gasteiger partial charge is 0.462 e. The fourth-order valence-electron chi connectivity index (χ4n) is 7.56. The van der Waals surface area contributed by atoms with E-state index in [1.807, 2.05) is 0 Å². The number of ether oxygens (including phenoxy) is 1. The molecule has 3 saturated carbocycles. The van der Waals surface area contributed by atoms with Gasteiger partial charge in [-0.2, -0.15) is 0 Å². The lowest BCUT2D eigenvalue weighted by molar-refractivity contribution is -0.160. The molecule has 0 heterocycles. The molecule has 4 rings (SSSR count). The van der Waals surface area contributed by atoms with Gasteiger partial charge in [0.05, 0.1) is 0 Å². The Kier molecular flexibility index (Phi) is 4.38. The number of hydrogen-bond donors (Lipinski definition) is 1. The molecule has 1 N–H and O–H groups in total. The van der Waals surface area contributed by atoms with E-state index in [4.69, 9.17) is 4.74 Å². The quantitative estimate of drug-likeness (QED) is 0.581. The van der Waals surface area contributed by atoms with Crippen molar-refractivity contribution in [1.29, 1.82) is 0 Å². The molecule has 0 aromatic rings. The molecule has 0 aliphatic heterocycles. The number of esters is 1. The van der Waals surface area contributed by atoms with Crippen molar-refractivity contribution >= 4 is 11.8 Å². The molecule has 0 spiro atoms. The zero-order chi connectivity index (χ0) is 19.6. The van der Waals surface area contributed by atoms with Gasteiger partial charge in [0.2, 0.25) is 0 Å². The summed E-state index contributed by atoms with van der Waals surface area (Å²) in [5.41, 5.74) is 0.235. The molecule has 150 valence electrons. The van der Waals surface area contributed by atoms with Crippen molar-refractivity contribution < 1.29 is 19.4 Å². The van der Waals surface area contributed by atoms with Crippen LogP contribution >= 0.6 is 0 Å². The summed E-state index contributed by atoms with van der Waals surface area (Å²) in [4.78, 5) is 23.7. The number of fused-ring (bicyclic) bond motifs is 5. The lowest BCUT2D eigenvalue weighted by atomic mass is 9.47. The van der Waals surface area contributed by atoms with Crippen LogP contribution in [0.4, 0.5) is 0 Å². The Bertz CT molecular complexity index is 696. The lowest BCUT2D eigenvalue weighted by Gasteiger charge is -2.58. The van der Waals surface area contributed by atoms with Crippen LogP contribution in [0.25, 0.3) is 0 Å². The summed E-state index contributed by atoms with van der Waals surface area (Å²) in [5, 5.41) is 11.2. The second-order valence-corrected chi connectivity index (χ2v) is 10.1. The summed E-state index contributed by atoms with van der Waals surface area (Å²) >= 11 is 0. The maximum absolute atomic E-state index is 12.3. The zero-order valence-corrected chi connectivity index (χ0v) is 17.2. The van der Waals surface area contributed by atoms with Gasteiger partial charge in [0.15, 0.2) is 5.78 Å². The number of carbonyl (C=O) groups is 2.